The number of rotatable bonds is 5. The second-order valence-electron chi connectivity index (χ2n) is 9.61. The van der Waals surface area contributed by atoms with Crippen molar-refractivity contribution in [1.29, 1.82) is 0 Å². The Morgan fingerprint density at radius 1 is 1.14 bits per heavy atom. The molecule has 3 aromatic rings. The summed E-state index contributed by atoms with van der Waals surface area (Å²) in [6, 6.07) is 11.9. The van der Waals surface area contributed by atoms with Crippen LogP contribution in [0.4, 0.5) is 5.82 Å². The molecule has 0 spiro atoms. The van der Waals surface area contributed by atoms with Gasteiger partial charge in [-0.15, -0.1) is 0 Å². The average Bonchev–Trinajstić information content (AvgIpc) is 3.07. The predicted octanol–water partition coefficient (Wildman–Crippen LogP) is 3.80. The molecule has 0 saturated carbocycles. The van der Waals surface area contributed by atoms with Gasteiger partial charge in [0.1, 0.15) is 5.82 Å². The number of nitrogens with one attached hydrogen (secondary N) is 2. The van der Waals surface area contributed by atoms with Gasteiger partial charge in [-0.1, -0.05) is 25.1 Å². The van der Waals surface area contributed by atoms with E-state index >= 15 is 0 Å². The van der Waals surface area contributed by atoms with Crippen molar-refractivity contribution in [2.45, 2.75) is 51.5 Å². The van der Waals surface area contributed by atoms with Crippen molar-refractivity contribution >= 4 is 21.7 Å². The van der Waals surface area contributed by atoms with Crippen LogP contribution in [0.15, 0.2) is 58.4 Å². The molecule has 9 heteroatoms. The van der Waals surface area contributed by atoms with Crippen molar-refractivity contribution in [2.75, 3.05) is 11.4 Å². The molecule has 1 aliphatic rings. The molecule has 0 aliphatic carbocycles. The molecule has 4 rings (SSSR count). The van der Waals surface area contributed by atoms with E-state index in [-0.39, 0.29) is 11.1 Å². The first-order valence-electron chi connectivity index (χ1n) is 11.5. The van der Waals surface area contributed by atoms with Crippen LogP contribution < -0.4 is 15.2 Å². The summed E-state index contributed by atoms with van der Waals surface area (Å²) in [5.74, 6) is -0.0674. The highest BCUT2D eigenvalue weighted by atomic mass is 32.2. The third kappa shape index (κ3) is 4.48. The van der Waals surface area contributed by atoms with Gasteiger partial charge in [0.15, 0.2) is 4.90 Å². The molecule has 184 valence electrons. The van der Waals surface area contributed by atoms with Gasteiger partial charge in [0.25, 0.3) is 21.5 Å². The van der Waals surface area contributed by atoms with Gasteiger partial charge in [-0.2, -0.15) is 0 Å². The minimum absolute atomic E-state index is 0.136. The number of pyridine rings is 2. The van der Waals surface area contributed by atoms with Gasteiger partial charge in [0, 0.05) is 23.8 Å². The highest BCUT2D eigenvalue weighted by Gasteiger charge is 2.41. The van der Waals surface area contributed by atoms with Gasteiger partial charge >= 0.3 is 0 Å². The Labute approximate surface area is 205 Å². The highest BCUT2D eigenvalue weighted by molar-refractivity contribution is 7.90. The quantitative estimate of drug-likeness (QED) is 0.558. The lowest BCUT2D eigenvalue weighted by molar-refractivity contribution is 0.0981. The number of aromatic nitrogens is 2. The van der Waals surface area contributed by atoms with E-state index in [1.165, 1.54) is 12.3 Å². The van der Waals surface area contributed by atoms with Crippen LogP contribution in [0.5, 0.6) is 0 Å². The Bertz CT molecular complexity index is 1460. The zero-order chi connectivity index (χ0) is 25.5. The molecule has 35 heavy (non-hydrogen) atoms. The van der Waals surface area contributed by atoms with Crippen LogP contribution >= 0.6 is 0 Å². The molecule has 1 amide bonds. The van der Waals surface area contributed by atoms with Crippen molar-refractivity contribution in [3.8, 4) is 11.3 Å². The number of anilines is 1. The Kier molecular flexibility index (Phi) is 6.31. The summed E-state index contributed by atoms with van der Waals surface area (Å²) >= 11 is 0. The van der Waals surface area contributed by atoms with Crippen molar-refractivity contribution in [3.63, 3.8) is 0 Å². The SMILES string of the molecule is Cc1cccc(-c2ccc(C(=O)NS(=O)(=O)c3ccc[nH]c3=O)c(N3CCC(C)C3(C)C)n2)c1C. The first kappa shape index (κ1) is 24.7. The molecule has 2 N–H and O–H groups in total. The fraction of sp³-hybridized carbons (Fsp3) is 0.346. The Morgan fingerprint density at radius 3 is 2.54 bits per heavy atom. The van der Waals surface area contributed by atoms with Crippen molar-refractivity contribution in [1.82, 2.24) is 14.7 Å². The number of hydrogen-bond donors (Lipinski definition) is 2. The van der Waals surface area contributed by atoms with Gasteiger partial charge in [0.05, 0.1) is 11.3 Å². The van der Waals surface area contributed by atoms with Crippen LogP contribution in [0.25, 0.3) is 11.3 Å². The summed E-state index contributed by atoms with van der Waals surface area (Å²) in [5, 5.41) is 0. The number of amides is 1. The Hall–Kier alpha value is -3.46. The van der Waals surface area contributed by atoms with Gasteiger partial charge in [-0.25, -0.2) is 18.1 Å². The van der Waals surface area contributed by atoms with E-state index in [1.54, 1.807) is 12.1 Å². The van der Waals surface area contributed by atoms with E-state index in [0.717, 1.165) is 29.2 Å². The first-order valence-corrected chi connectivity index (χ1v) is 13.0. The maximum Gasteiger partial charge on any atom is 0.269 e. The lowest BCUT2D eigenvalue weighted by Gasteiger charge is -2.36. The fourth-order valence-electron chi connectivity index (χ4n) is 4.47. The molecular formula is C26H30N4O4S. The molecule has 8 nitrogen and oxygen atoms in total. The van der Waals surface area contributed by atoms with Gasteiger partial charge < -0.3 is 9.88 Å². The lowest BCUT2D eigenvalue weighted by atomic mass is 9.90. The van der Waals surface area contributed by atoms with Crippen LogP contribution in [0, 0.1) is 19.8 Å². The first-order chi connectivity index (χ1) is 16.4. The summed E-state index contributed by atoms with van der Waals surface area (Å²) in [6.45, 7) is 11.1. The van der Waals surface area contributed by atoms with Crippen LogP contribution in [0.1, 0.15) is 48.7 Å². The normalized spacial score (nSPS) is 17.4. The monoisotopic (exact) mass is 494 g/mol. The van der Waals surface area contributed by atoms with Crippen molar-refractivity contribution in [2.24, 2.45) is 5.92 Å². The minimum Gasteiger partial charge on any atom is -0.351 e. The second kappa shape index (κ2) is 8.96. The van der Waals surface area contributed by atoms with Gasteiger partial charge in [-0.05, 0) is 75.4 Å². The molecule has 0 radical (unpaired) electrons. The summed E-state index contributed by atoms with van der Waals surface area (Å²) in [5.41, 5.74) is 2.91. The smallest absolute Gasteiger partial charge is 0.269 e. The standard InChI is InChI=1S/C26H30N4O4S/c1-16-8-6-9-19(18(16)3)21-12-11-20(23(28-21)30-15-13-17(2)26(30,4)5)24(31)29-35(33,34)22-10-7-14-27-25(22)32/h6-12,14,17H,13,15H2,1-5H3,(H,27,32)(H,29,31). The molecule has 1 fully saturated rings. The molecule has 1 unspecified atom stereocenters. The van der Waals surface area contributed by atoms with Gasteiger partial charge in [0.2, 0.25) is 0 Å². The topological polar surface area (TPSA) is 112 Å². The molecule has 3 heterocycles. The predicted molar refractivity (Wildman–Crippen MR) is 136 cm³/mol. The van der Waals surface area contributed by atoms with E-state index in [4.69, 9.17) is 4.98 Å². The van der Waals surface area contributed by atoms with Crippen LogP contribution in [-0.4, -0.2) is 36.4 Å². The summed E-state index contributed by atoms with van der Waals surface area (Å²) in [6.07, 6.45) is 2.25. The van der Waals surface area contributed by atoms with E-state index in [1.807, 2.05) is 32.0 Å². The maximum atomic E-state index is 13.3. The molecular weight excluding hydrogens is 464 g/mol. The number of nitrogens with zero attached hydrogens (tertiary/aromatic N) is 2. The summed E-state index contributed by atoms with van der Waals surface area (Å²) in [7, 11) is -4.38. The van der Waals surface area contributed by atoms with Crippen molar-refractivity contribution in [3.05, 3.63) is 75.7 Å². The van der Waals surface area contributed by atoms with E-state index in [9.17, 15) is 18.0 Å². The lowest BCUT2D eigenvalue weighted by Crippen LogP contribution is -2.44. The van der Waals surface area contributed by atoms with Crippen molar-refractivity contribution < 1.29 is 13.2 Å². The fourth-order valence-corrected chi connectivity index (χ4v) is 5.49. The van der Waals surface area contributed by atoms with E-state index in [0.29, 0.717) is 24.0 Å². The Morgan fingerprint density at radius 2 is 1.89 bits per heavy atom. The molecule has 2 aromatic heterocycles. The number of aryl methyl sites for hydroxylation is 1. The van der Waals surface area contributed by atoms with Crippen LogP contribution in [-0.2, 0) is 10.0 Å². The highest BCUT2D eigenvalue weighted by Crippen LogP contribution is 2.39. The third-order valence-electron chi connectivity index (χ3n) is 7.24. The number of sulfonamides is 1. The Balaban J connectivity index is 1.82. The largest absolute Gasteiger partial charge is 0.351 e. The zero-order valence-electron chi connectivity index (χ0n) is 20.5. The average molecular weight is 495 g/mol. The van der Waals surface area contributed by atoms with Crippen LogP contribution in [0.3, 0.4) is 0 Å². The van der Waals surface area contributed by atoms with Crippen LogP contribution in [0.2, 0.25) is 0 Å². The van der Waals surface area contributed by atoms with E-state index in [2.05, 4.69) is 35.4 Å². The number of aromatic amines is 1. The molecule has 1 aromatic carbocycles. The summed E-state index contributed by atoms with van der Waals surface area (Å²) in [4.78, 5) is 34.1. The zero-order valence-corrected chi connectivity index (χ0v) is 21.4. The molecule has 1 saturated heterocycles. The number of hydrogen-bond acceptors (Lipinski definition) is 6. The maximum absolute atomic E-state index is 13.3. The third-order valence-corrected chi connectivity index (χ3v) is 8.60. The van der Waals surface area contributed by atoms with Gasteiger partial charge in [-0.3, -0.25) is 9.59 Å². The number of carbonyl (C=O) groups is 1. The number of carbonyl (C=O) groups excluding carboxylic acids is 1. The number of benzene rings is 1. The van der Waals surface area contributed by atoms with E-state index < -0.39 is 26.4 Å². The second-order valence-corrected chi connectivity index (χ2v) is 11.3. The minimum atomic E-state index is -4.38. The summed E-state index contributed by atoms with van der Waals surface area (Å²) < 4.78 is 27.7. The molecule has 1 aliphatic heterocycles. The number of H-pyrrole nitrogens is 1. The molecule has 1 atom stereocenters. The molecule has 0 bridgehead atoms.